The molecule has 0 saturated carbocycles. The number of nitrogens with zero attached hydrogens (tertiary/aromatic N) is 2. The first-order valence-electron chi connectivity index (χ1n) is 8.58. The summed E-state index contributed by atoms with van der Waals surface area (Å²) in [5.74, 6) is -3.03. The van der Waals surface area contributed by atoms with E-state index in [2.05, 4.69) is 10.2 Å². The van der Waals surface area contributed by atoms with Gasteiger partial charge in [-0.05, 0) is 36.4 Å². The molecule has 8 heteroatoms. The Morgan fingerprint density at radius 2 is 1.70 bits per heavy atom. The van der Waals surface area contributed by atoms with Gasteiger partial charge in [0, 0.05) is 36.8 Å². The van der Waals surface area contributed by atoms with E-state index in [1.807, 2.05) is 4.90 Å². The van der Waals surface area contributed by atoms with Gasteiger partial charge in [-0.1, -0.05) is 23.9 Å². The van der Waals surface area contributed by atoms with Crippen molar-refractivity contribution in [3.05, 3.63) is 54.3 Å². The summed E-state index contributed by atoms with van der Waals surface area (Å²) in [5, 5.41) is 2.72. The van der Waals surface area contributed by atoms with Gasteiger partial charge in [0.2, 0.25) is 5.91 Å². The van der Waals surface area contributed by atoms with Gasteiger partial charge >= 0.3 is 0 Å². The average Bonchev–Trinajstić information content (AvgIpc) is 2.64. The van der Waals surface area contributed by atoms with E-state index < -0.39 is 5.76 Å². The van der Waals surface area contributed by atoms with Crippen LogP contribution in [0.4, 0.5) is 24.5 Å². The van der Waals surface area contributed by atoms with Crippen LogP contribution in [0.5, 0.6) is 0 Å². The molecule has 1 N–H and O–H groups in total. The molecule has 2 aromatic rings. The number of rotatable bonds is 6. The number of hydrogen-bond acceptors (Lipinski definition) is 4. The maximum Gasteiger partial charge on any atom is 0.288 e. The summed E-state index contributed by atoms with van der Waals surface area (Å²) in [6.07, 6.45) is 0. The van der Waals surface area contributed by atoms with Crippen LogP contribution in [0.1, 0.15) is 0 Å². The van der Waals surface area contributed by atoms with Crippen LogP contribution in [0.2, 0.25) is 0 Å². The summed E-state index contributed by atoms with van der Waals surface area (Å²) in [6, 6.07) is 12.9. The quantitative estimate of drug-likeness (QED) is 0.753. The summed E-state index contributed by atoms with van der Waals surface area (Å²) >= 11 is 0.417. The molecule has 0 spiro atoms. The number of alkyl halides is 2. The standard InChI is InChI=1S/C19H20F3N3OS/c20-14-5-7-15(8-6-14)25-11-9-24(10-12-25)13-18(26)23-16-3-1-2-4-17(16)27-19(21)22/h1-8,19H,9-13H2,(H,23,26). The fourth-order valence-electron chi connectivity index (χ4n) is 2.98. The number of para-hydroxylation sites is 1. The molecular formula is C19H20F3N3OS. The van der Waals surface area contributed by atoms with Crippen LogP contribution in [0.15, 0.2) is 53.4 Å². The van der Waals surface area contributed by atoms with Crippen LogP contribution in [0.3, 0.4) is 0 Å². The normalized spacial score (nSPS) is 15.2. The summed E-state index contributed by atoms with van der Waals surface area (Å²) in [4.78, 5) is 16.8. The zero-order chi connectivity index (χ0) is 19.2. The van der Waals surface area contributed by atoms with Gasteiger partial charge in [0.25, 0.3) is 5.76 Å². The third kappa shape index (κ3) is 5.64. The summed E-state index contributed by atoms with van der Waals surface area (Å²) in [5.41, 5.74) is 1.36. The van der Waals surface area contributed by atoms with Gasteiger partial charge in [-0.15, -0.1) is 0 Å². The fraction of sp³-hybridized carbons (Fsp3) is 0.316. The van der Waals surface area contributed by atoms with Crippen molar-refractivity contribution in [3.8, 4) is 0 Å². The van der Waals surface area contributed by atoms with Gasteiger partial charge in [0.05, 0.1) is 12.2 Å². The van der Waals surface area contributed by atoms with Crippen LogP contribution < -0.4 is 10.2 Å². The lowest BCUT2D eigenvalue weighted by molar-refractivity contribution is -0.117. The zero-order valence-corrected chi connectivity index (χ0v) is 15.4. The van der Waals surface area contributed by atoms with Crippen LogP contribution >= 0.6 is 11.8 Å². The number of anilines is 2. The van der Waals surface area contributed by atoms with Crippen molar-refractivity contribution < 1.29 is 18.0 Å². The molecule has 0 radical (unpaired) electrons. The van der Waals surface area contributed by atoms with Crippen molar-refractivity contribution in [1.29, 1.82) is 0 Å². The molecule has 1 fully saturated rings. The average molecular weight is 395 g/mol. The third-order valence-corrected chi connectivity index (χ3v) is 5.10. The zero-order valence-electron chi connectivity index (χ0n) is 14.6. The molecule has 0 unspecified atom stereocenters. The summed E-state index contributed by atoms with van der Waals surface area (Å²) in [6.45, 7) is 3.05. The molecule has 2 aromatic carbocycles. The van der Waals surface area contributed by atoms with E-state index in [4.69, 9.17) is 0 Å². The molecule has 1 aliphatic rings. The van der Waals surface area contributed by atoms with Crippen LogP contribution in [-0.2, 0) is 4.79 Å². The minimum absolute atomic E-state index is 0.199. The van der Waals surface area contributed by atoms with Gasteiger partial charge < -0.3 is 10.2 Å². The fourth-order valence-corrected chi connectivity index (χ4v) is 3.57. The van der Waals surface area contributed by atoms with Gasteiger partial charge in [-0.25, -0.2) is 4.39 Å². The lowest BCUT2D eigenvalue weighted by atomic mass is 10.2. The summed E-state index contributed by atoms with van der Waals surface area (Å²) < 4.78 is 38.3. The van der Waals surface area contributed by atoms with E-state index in [1.165, 1.54) is 12.1 Å². The Hall–Kier alpha value is -2.19. The Kier molecular flexibility index (Phi) is 6.63. The minimum Gasteiger partial charge on any atom is -0.369 e. The molecule has 1 aliphatic heterocycles. The van der Waals surface area contributed by atoms with Crippen molar-refractivity contribution >= 4 is 29.0 Å². The Balaban J connectivity index is 1.51. The molecule has 4 nitrogen and oxygen atoms in total. The maximum atomic E-state index is 13.0. The second-order valence-electron chi connectivity index (χ2n) is 6.16. The van der Waals surface area contributed by atoms with Crippen molar-refractivity contribution in [3.63, 3.8) is 0 Å². The molecule has 1 saturated heterocycles. The molecular weight excluding hydrogens is 375 g/mol. The molecule has 0 bridgehead atoms. The number of piperazine rings is 1. The van der Waals surface area contributed by atoms with E-state index in [0.29, 0.717) is 35.4 Å². The van der Waals surface area contributed by atoms with Crippen molar-refractivity contribution in [2.75, 3.05) is 42.9 Å². The molecule has 0 atom stereocenters. The number of benzene rings is 2. The predicted octanol–water partition coefficient (Wildman–Crippen LogP) is 3.90. The number of amides is 1. The Bertz CT molecular complexity index is 765. The lowest BCUT2D eigenvalue weighted by Gasteiger charge is -2.35. The number of carbonyl (C=O) groups is 1. The molecule has 144 valence electrons. The molecule has 0 aromatic heterocycles. The second kappa shape index (κ2) is 9.14. The first-order chi connectivity index (χ1) is 13.0. The Morgan fingerprint density at radius 3 is 2.37 bits per heavy atom. The molecule has 1 heterocycles. The number of carbonyl (C=O) groups excluding carboxylic acids is 1. The van der Waals surface area contributed by atoms with E-state index in [1.54, 1.807) is 36.4 Å². The van der Waals surface area contributed by atoms with E-state index in [-0.39, 0.29) is 18.3 Å². The van der Waals surface area contributed by atoms with Gasteiger partial charge in [-0.2, -0.15) is 8.78 Å². The Labute approximate surface area is 160 Å². The third-order valence-electron chi connectivity index (χ3n) is 4.31. The number of halogens is 3. The minimum atomic E-state index is -2.54. The van der Waals surface area contributed by atoms with E-state index in [9.17, 15) is 18.0 Å². The van der Waals surface area contributed by atoms with Crippen LogP contribution in [-0.4, -0.2) is 49.3 Å². The van der Waals surface area contributed by atoms with Gasteiger partial charge in [0.1, 0.15) is 5.82 Å². The summed E-state index contributed by atoms with van der Waals surface area (Å²) in [7, 11) is 0. The molecule has 27 heavy (non-hydrogen) atoms. The number of hydrogen-bond donors (Lipinski definition) is 1. The van der Waals surface area contributed by atoms with Crippen molar-refractivity contribution in [2.45, 2.75) is 10.7 Å². The molecule has 3 rings (SSSR count). The first-order valence-corrected chi connectivity index (χ1v) is 9.46. The second-order valence-corrected chi connectivity index (χ2v) is 7.19. The van der Waals surface area contributed by atoms with Gasteiger partial charge in [0.15, 0.2) is 0 Å². The maximum absolute atomic E-state index is 13.0. The first kappa shape index (κ1) is 19.6. The molecule has 0 aliphatic carbocycles. The highest BCUT2D eigenvalue weighted by Gasteiger charge is 2.20. The highest BCUT2D eigenvalue weighted by Crippen LogP contribution is 2.31. The van der Waals surface area contributed by atoms with Gasteiger partial charge in [-0.3, -0.25) is 9.69 Å². The molecule has 1 amide bonds. The monoisotopic (exact) mass is 395 g/mol. The van der Waals surface area contributed by atoms with E-state index >= 15 is 0 Å². The SMILES string of the molecule is O=C(CN1CCN(c2ccc(F)cc2)CC1)Nc1ccccc1SC(F)F. The van der Waals surface area contributed by atoms with E-state index in [0.717, 1.165) is 18.8 Å². The lowest BCUT2D eigenvalue weighted by Crippen LogP contribution is -2.48. The number of thioether (sulfide) groups is 1. The highest BCUT2D eigenvalue weighted by molar-refractivity contribution is 7.99. The number of nitrogens with one attached hydrogen (secondary N) is 1. The smallest absolute Gasteiger partial charge is 0.288 e. The predicted molar refractivity (Wildman–Crippen MR) is 102 cm³/mol. The van der Waals surface area contributed by atoms with Crippen LogP contribution in [0, 0.1) is 5.82 Å². The van der Waals surface area contributed by atoms with Crippen molar-refractivity contribution in [1.82, 2.24) is 4.90 Å². The van der Waals surface area contributed by atoms with Crippen LogP contribution in [0.25, 0.3) is 0 Å². The Morgan fingerprint density at radius 1 is 1.04 bits per heavy atom. The largest absolute Gasteiger partial charge is 0.369 e. The highest BCUT2D eigenvalue weighted by atomic mass is 32.2. The van der Waals surface area contributed by atoms with Crippen molar-refractivity contribution in [2.24, 2.45) is 0 Å². The topological polar surface area (TPSA) is 35.6 Å².